The third-order valence-corrected chi connectivity index (χ3v) is 4.37. The van der Waals surface area contributed by atoms with Crippen molar-refractivity contribution in [1.29, 1.82) is 0 Å². The van der Waals surface area contributed by atoms with E-state index in [9.17, 15) is 4.79 Å². The standard InChI is InChI=1S/C17H18N4O/c22-17-8-12-7-11(5-6-14(12)21-17)15-9-18-10-16(20-15)19-13-3-1-2-4-13/h5-7,9-10,13H,1-4,8H2,(H,19,20)(H,21,22). The van der Waals surface area contributed by atoms with Crippen LogP contribution in [0.5, 0.6) is 0 Å². The number of rotatable bonds is 3. The van der Waals surface area contributed by atoms with Crippen LogP contribution in [0.4, 0.5) is 11.5 Å². The summed E-state index contributed by atoms with van der Waals surface area (Å²) in [5.41, 5.74) is 3.77. The van der Waals surface area contributed by atoms with Crippen LogP contribution in [0.1, 0.15) is 31.2 Å². The van der Waals surface area contributed by atoms with Crippen LogP contribution in [-0.2, 0) is 11.2 Å². The van der Waals surface area contributed by atoms with Gasteiger partial charge in [0.05, 0.1) is 24.5 Å². The first-order chi connectivity index (χ1) is 10.8. The Balaban J connectivity index is 1.60. The van der Waals surface area contributed by atoms with Crippen LogP contribution in [0.2, 0.25) is 0 Å². The van der Waals surface area contributed by atoms with Gasteiger partial charge in [0.15, 0.2) is 0 Å². The zero-order valence-electron chi connectivity index (χ0n) is 12.3. The number of hydrogen-bond donors (Lipinski definition) is 2. The minimum Gasteiger partial charge on any atom is -0.366 e. The summed E-state index contributed by atoms with van der Waals surface area (Å²) in [4.78, 5) is 20.4. The van der Waals surface area contributed by atoms with Crippen LogP contribution in [0.25, 0.3) is 11.3 Å². The Morgan fingerprint density at radius 2 is 2.05 bits per heavy atom. The Labute approximate surface area is 129 Å². The molecule has 1 aliphatic heterocycles. The molecular formula is C17H18N4O. The van der Waals surface area contributed by atoms with E-state index in [0.29, 0.717) is 12.5 Å². The molecule has 2 heterocycles. The molecule has 112 valence electrons. The second kappa shape index (κ2) is 5.40. The number of carbonyl (C=O) groups is 1. The van der Waals surface area contributed by atoms with Crippen molar-refractivity contribution in [2.75, 3.05) is 10.6 Å². The smallest absolute Gasteiger partial charge is 0.228 e. The highest BCUT2D eigenvalue weighted by Gasteiger charge is 2.19. The molecule has 1 saturated carbocycles. The summed E-state index contributed by atoms with van der Waals surface area (Å²) in [6.45, 7) is 0. The molecule has 1 amide bonds. The van der Waals surface area contributed by atoms with Crippen molar-refractivity contribution in [3.8, 4) is 11.3 Å². The maximum Gasteiger partial charge on any atom is 0.228 e. The number of aromatic nitrogens is 2. The molecular weight excluding hydrogens is 276 g/mol. The molecule has 22 heavy (non-hydrogen) atoms. The number of anilines is 2. The largest absolute Gasteiger partial charge is 0.366 e. The van der Waals surface area contributed by atoms with Gasteiger partial charge in [0.1, 0.15) is 5.82 Å². The van der Waals surface area contributed by atoms with Gasteiger partial charge in [0.25, 0.3) is 0 Å². The van der Waals surface area contributed by atoms with Gasteiger partial charge >= 0.3 is 0 Å². The minimum absolute atomic E-state index is 0.0508. The third kappa shape index (κ3) is 2.54. The fraction of sp³-hybridized carbons (Fsp3) is 0.353. The first-order valence-electron chi connectivity index (χ1n) is 7.80. The highest BCUT2D eigenvalue weighted by atomic mass is 16.1. The zero-order valence-corrected chi connectivity index (χ0v) is 12.3. The summed E-state index contributed by atoms with van der Waals surface area (Å²) in [6.07, 6.45) is 8.98. The Bertz CT molecular complexity index is 722. The number of hydrogen-bond acceptors (Lipinski definition) is 4. The summed E-state index contributed by atoms with van der Waals surface area (Å²) in [7, 11) is 0. The maximum absolute atomic E-state index is 11.4. The molecule has 2 aromatic rings. The lowest BCUT2D eigenvalue weighted by Crippen LogP contribution is -2.15. The second-order valence-electron chi connectivity index (χ2n) is 6.01. The Hall–Kier alpha value is -2.43. The first kappa shape index (κ1) is 13.2. The number of amides is 1. The van der Waals surface area contributed by atoms with Gasteiger partial charge in [-0.2, -0.15) is 0 Å². The molecule has 5 nitrogen and oxygen atoms in total. The van der Waals surface area contributed by atoms with Crippen molar-refractivity contribution in [3.63, 3.8) is 0 Å². The molecule has 2 N–H and O–H groups in total. The number of nitrogens with one attached hydrogen (secondary N) is 2. The van der Waals surface area contributed by atoms with E-state index in [4.69, 9.17) is 0 Å². The van der Waals surface area contributed by atoms with Crippen molar-refractivity contribution in [2.45, 2.75) is 38.1 Å². The van der Waals surface area contributed by atoms with Gasteiger partial charge in [0.2, 0.25) is 5.91 Å². The molecule has 0 spiro atoms. The van der Waals surface area contributed by atoms with Gasteiger partial charge in [0, 0.05) is 17.3 Å². The second-order valence-corrected chi connectivity index (χ2v) is 6.01. The summed E-state index contributed by atoms with van der Waals surface area (Å²) >= 11 is 0. The molecule has 5 heteroatoms. The van der Waals surface area contributed by atoms with Crippen molar-refractivity contribution in [2.24, 2.45) is 0 Å². The Morgan fingerprint density at radius 3 is 2.91 bits per heavy atom. The van der Waals surface area contributed by atoms with Gasteiger partial charge in [-0.3, -0.25) is 9.78 Å². The molecule has 1 aromatic carbocycles. The van der Waals surface area contributed by atoms with Crippen LogP contribution in [0.15, 0.2) is 30.6 Å². The van der Waals surface area contributed by atoms with Gasteiger partial charge in [-0.05, 0) is 30.5 Å². The molecule has 2 aliphatic rings. The van der Waals surface area contributed by atoms with Crippen LogP contribution < -0.4 is 10.6 Å². The third-order valence-electron chi connectivity index (χ3n) is 4.37. The molecule has 0 saturated heterocycles. The molecule has 4 rings (SSSR count). The number of fused-ring (bicyclic) bond motifs is 1. The lowest BCUT2D eigenvalue weighted by molar-refractivity contribution is -0.115. The topological polar surface area (TPSA) is 66.9 Å². The molecule has 0 bridgehead atoms. The van der Waals surface area contributed by atoms with Crippen LogP contribution in [0, 0.1) is 0 Å². The summed E-state index contributed by atoms with van der Waals surface area (Å²) < 4.78 is 0. The number of carbonyl (C=O) groups excluding carboxylic acids is 1. The minimum atomic E-state index is 0.0508. The number of nitrogens with zero attached hydrogens (tertiary/aromatic N) is 2. The average molecular weight is 294 g/mol. The van der Waals surface area contributed by atoms with Crippen LogP contribution in [0.3, 0.4) is 0 Å². The highest BCUT2D eigenvalue weighted by molar-refractivity contribution is 5.99. The quantitative estimate of drug-likeness (QED) is 0.913. The van der Waals surface area contributed by atoms with Crippen molar-refractivity contribution >= 4 is 17.4 Å². The lowest BCUT2D eigenvalue weighted by atomic mass is 10.1. The van der Waals surface area contributed by atoms with Gasteiger partial charge in [-0.15, -0.1) is 0 Å². The lowest BCUT2D eigenvalue weighted by Gasteiger charge is -2.13. The normalized spacial score (nSPS) is 17.4. The van der Waals surface area contributed by atoms with E-state index in [1.165, 1.54) is 25.7 Å². The van der Waals surface area contributed by atoms with Crippen molar-refractivity contribution in [1.82, 2.24) is 9.97 Å². The van der Waals surface area contributed by atoms with E-state index < -0.39 is 0 Å². The molecule has 1 aromatic heterocycles. The molecule has 0 radical (unpaired) electrons. The van der Waals surface area contributed by atoms with Crippen LogP contribution in [-0.4, -0.2) is 21.9 Å². The fourth-order valence-electron chi connectivity index (χ4n) is 3.24. The summed E-state index contributed by atoms with van der Waals surface area (Å²) in [5.74, 6) is 0.883. The average Bonchev–Trinajstić information content (AvgIpc) is 3.15. The first-order valence-corrected chi connectivity index (χ1v) is 7.80. The molecule has 0 atom stereocenters. The highest BCUT2D eigenvalue weighted by Crippen LogP contribution is 2.28. The zero-order chi connectivity index (χ0) is 14.9. The van der Waals surface area contributed by atoms with E-state index in [2.05, 4.69) is 20.6 Å². The molecule has 1 aliphatic carbocycles. The van der Waals surface area contributed by atoms with Gasteiger partial charge in [-0.25, -0.2) is 4.98 Å². The predicted octanol–water partition coefficient (Wildman–Crippen LogP) is 2.99. The maximum atomic E-state index is 11.4. The van der Waals surface area contributed by atoms with E-state index in [1.807, 2.05) is 18.2 Å². The van der Waals surface area contributed by atoms with Crippen molar-refractivity contribution in [3.05, 3.63) is 36.2 Å². The molecule has 0 unspecified atom stereocenters. The van der Waals surface area contributed by atoms with Crippen molar-refractivity contribution < 1.29 is 4.79 Å². The molecule has 1 fully saturated rings. The predicted molar refractivity (Wildman–Crippen MR) is 85.7 cm³/mol. The van der Waals surface area contributed by atoms with E-state index in [0.717, 1.165) is 28.3 Å². The Morgan fingerprint density at radius 1 is 1.18 bits per heavy atom. The Kier molecular flexibility index (Phi) is 3.25. The van der Waals surface area contributed by atoms with E-state index in [-0.39, 0.29) is 5.91 Å². The van der Waals surface area contributed by atoms with Crippen LogP contribution >= 0.6 is 0 Å². The van der Waals surface area contributed by atoms with E-state index in [1.54, 1.807) is 12.4 Å². The summed E-state index contributed by atoms with van der Waals surface area (Å²) in [6, 6.07) is 6.46. The van der Waals surface area contributed by atoms with Gasteiger partial charge < -0.3 is 10.6 Å². The van der Waals surface area contributed by atoms with E-state index >= 15 is 0 Å². The fourth-order valence-corrected chi connectivity index (χ4v) is 3.24. The van der Waals surface area contributed by atoms with Gasteiger partial charge in [-0.1, -0.05) is 18.9 Å². The number of benzene rings is 1. The summed E-state index contributed by atoms with van der Waals surface area (Å²) in [5, 5.41) is 6.32. The SMILES string of the molecule is O=C1Cc2cc(-c3cncc(NC4CCCC4)n3)ccc2N1. The monoisotopic (exact) mass is 294 g/mol.